The van der Waals surface area contributed by atoms with Crippen LogP contribution in [0.5, 0.6) is 0 Å². The average Bonchev–Trinajstić information content (AvgIpc) is 2.38. The largest absolute Gasteiger partial charge is 0.399 e. The summed E-state index contributed by atoms with van der Waals surface area (Å²) in [5.74, 6) is -0.0485. The van der Waals surface area contributed by atoms with Crippen molar-refractivity contribution in [2.45, 2.75) is 0 Å². The second kappa shape index (κ2) is 5.88. The predicted molar refractivity (Wildman–Crippen MR) is 87.8 cm³/mol. The van der Waals surface area contributed by atoms with Gasteiger partial charge in [0.1, 0.15) is 0 Å². The first kappa shape index (κ1) is 13.6. The molecule has 0 bridgehead atoms. The lowest BCUT2D eigenvalue weighted by Gasteiger charge is -2.01. The van der Waals surface area contributed by atoms with Crippen molar-refractivity contribution >= 4 is 45.8 Å². The van der Waals surface area contributed by atoms with Gasteiger partial charge in [0.15, 0.2) is 5.78 Å². The third kappa shape index (κ3) is 3.57. The Morgan fingerprint density at radius 3 is 2.37 bits per heavy atom. The maximum Gasteiger partial charge on any atom is 0.185 e. The molecule has 19 heavy (non-hydrogen) atoms. The van der Waals surface area contributed by atoms with Crippen molar-refractivity contribution in [1.29, 1.82) is 0 Å². The number of allylic oxidation sites excluding steroid dienone is 1. The third-order valence-electron chi connectivity index (χ3n) is 2.65. The van der Waals surface area contributed by atoms with Crippen LogP contribution in [0.25, 0.3) is 6.08 Å². The first-order chi connectivity index (χ1) is 9.06. The van der Waals surface area contributed by atoms with Gasteiger partial charge in [-0.05, 0) is 64.6 Å². The topological polar surface area (TPSA) is 69.1 Å². The number of nitrogen functional groups attached to an aromatic ring is 2. The van der Waals surface area contributed by atoms with E-state index < -0.39 is 0 Å². The van der Waals surface area contributed by atoms with E-state index in [1.807, 2.05) is 12.1 Å². The van der Waals surface area contributed by atoms with Crippen molar-refractivity contribution in [3.63, 3.8) is 0 Å². The van der Waals surface area contributed by atoms with Crippen molar-refractivity contribution in [3.05, 3.63) is 63.2 Å². The van der Waals surface area contributed by atoms with Crippen LogP contribution in [0.1, 0.15) is 15.9 Å². The lowest BCUT2D eigenvalue weighted by atomic mass is 10.1. The number of hydrogen-bond acceptors (Lipinski definition) is 3. The van der Waals surface area contributed by atoms with Gasteiger partial charge >= 0.3 is 0 Å². The molecule has 0 atom stereocenters. The minimum absolute atomic E-state index is 0.0485. The van der Waals surface area contributed by atoms with E-state index in [1.54, 1.807) is 36.4 Å². The molecule has 0 unspecified atom stereocenters. The molecule has 0 radical (unpaired) electrons. The van der Waals surface area contributed by atoms with Crippen molar-refractivity contribution in [1.82, 2.24) is 0 Å². The highest BCUT2D eigenvalue weighted by molar-refractivity contribution is 14.1. The summed E-state index contributed by atoms with van der Waals surface area (Å²) in [5, 5.41) is 0. The Morgan fingerprint density at radius 2 is 1.74 bits per heavy atom. The maximum atomic E-state index is 12.0. The standard InChI is InChI=1S/C15H13IN2O/c16-12-5-1-11(2-6-12)15(19)8-4-10-3-7-13(17)9-14(10)18/h1-9H,17-18H2. The van der Waals surface area contributed by atoms with Gasteiger partial charge in [0, 0.05) is 20.5 Å². The highest BCUT2D eigenvalue weighted by Gasteiger charge is 2.02. The average molecular weight is 364 g/mol. The van der Waals surface area contributed by atoms with Crippen molar-refractivity contribution in [3.8, 4) is 0 Å². The highest BCUT2D eigenvalue weighted by Crippen LogP contribution is 2.17. The summed E-state index contributed by atoms with van der Waals surface area (Å²) < 4.78 is 1.10. The number of benzene rings is 2. The molecule has 0 fully saturated rings. The molecular formula is C15H13IN2O. The quantitative estimate of drug-likeness (QED) is 0.380. The smallest absolute Gasteiger partial charge is 0.185 e. The maximum absolute atomic E-state index is 12.0. The summed E-state index contributed by atoms with van der Waals surface area (Å²) in [7, 11) is 0. The number of hydrogen-bond donors (Lipinski definition) is 2. The Hall–Kier alpha value is -1.82. The van der Waals surface area contributed by atoms with Crippen LogP contribution in [0.4, 0.5) is 11.4 Å². The van der Waals surface area contributed by atoms with Crippen LogP contribution < -0.4 is 11.5 Å². The minimum atomic E-state index is -0.0485. The fraction of sp³-hybridized carbons (Fsp3) is 0. The van der Waals surface area contributed by atoms with Gasteiger partial charge in [0.25, 0.3) is 0 Å². The Kier molecular flexibility index (Phi) is 4.21. The number of rotatable bonds is 3. The fourth-order valence-corrected chi connectivity index (χ4v) is 1.98. The van der Waals surface area contributed by atoms with Gasteiger partial charge in [-0.15, -0.1) is 0 Å². The first-order valence-corrected chi connectivity index (χ1v) is 6.77. The zero-order valence-electron chi connectivity index (χ0n) is 10.1. The Labute approximate surface area is 125 Å². The fourth-order valence-electron chi connectivity index (χ4n) is 1.62. The molecule has 3 nitrogen and oxygen atoms in total. The number of carbonyl (C=O) groups excluding carboxylic acids is 1. The van der Waals surface area contributed by atoms with Gasteiger partial charge in [-0.2, -0.15) is 0 Å². The van der Waals surface area contributed by atoms with Crippen LogP contribution in [0, 0.1) is 3.57 Å². The summed E-state index contributed by atoms with van der Waals surface area (Å²) in [6.45, 7) is 0. The van der Waals surface area contributed by atoms with E-state index in [1.165, 1.54) is 6.08 Å². The molecular weight excluding hydrogens is 351 g/mol. The number of halogens is 1. The Bertz CT molecular complexity index is 633. The molecule has 96 valence electrons. The Morgan fingerprint density at radius 1 is 1.05 bits per heavy atom. The van der Waals surface area contributed by atoms with E-state index in [9.17, 15) is 4.79 Å². The minimum Gasteiger partial charge on any atom is -0.399 e. The monoisotopic (exact) mass is 364 g/mol. The molecule has 0 amide bonds. The summed E-state index contributed by atoms with van der Waals surface area (Å²) in [5.41, 5.74) is 14.1. The molecule has 0 heterocycles. The number of carbonyl (C=O) groups is 1. The van der Waals surface area contributed by atoms with Crippen LogP contribution >= 0.6 is 22.6 Å². The molecule has 0 saturated carbocycles. The van der Waals surface area contributed by atoms with Gasteiger partial charge < -0.3 is 11.5 Å². The zero-order valence-corrected chi connectivity index (χ0v) is 12.3. The van der Waals surface area contributed by atoms with Crippen LogP contribution in [-0.2, 0) is 0 Å². The normalized spacial score (nSPS) is 10.8. The van der Waals surface area contributed by atoms with Crippen molar-refractivity contribution < 1.29 is 4.79 Å². The summed E-state index contributed by atoms with van der Waals surface area (Å²) in [6, 6.07) is 12.6. The van der Waals surface area contributed by atoms with Crippen molar-refractivity contribution in [2.24, 2.45) is 0 Å². The molecule has 4 heteroatoms. The molecule has 2 rings (SSSR count). The van der Waals surface area contributed by atoms with Crippen LogP contribution in [0.2, 0.25) is 0 Å². The number of nitrogens with two attached hydrogens (primary N) is 2. The van der Waals surface area contributed by atoms with Crippen molar-refractivity contribution in [2.75, 3.05) is 11.5 Å². The number of anilines is 2. The van der Waals surface area contributed by atoms with Crippen LogP contribution in [0.15, 0.2) is 48.5 Å². The van der Waals surface area contributed by atoms with Gasteiger partial charge in [0.2, 0.25) is 0 Å². The van der Waals surface area contributed by atoms with E-state index in [0.717, 1.165) is 9.13 Å². The molecule has 0 saturated heterocycles. The lowest BCUT2D eigenvalue weighted by Crippen LogP contribution is -1.95. The molecule has 0 aliphatic rings. The zero-order chi connectivity index (χ0) is 13.8. The van der Waals surface area contributed by atoms with Gasteiger partial charge in [-0.3, -0.25) is 4.79 Å². The predicted octanol–water partition coefficient (Wildman–Crippen LogP) is 3.35. The second-order valence-corrected chi connectivity index (χ2v) is 5.34. The van der Waals surface area contributed by atoms with E-state index in [2.05, 4.69) is 22.6 Å². The summed E-state index contributed by atoms with van der Waals surface area (Å²) in [6.07, 6.45) is 3.22. The second-order valence-electron chi connectivity index (χ2n) is 4.09. The molecule has 0 aliphatic heterocycles. The van der Waals surface area contributed by atoms with Gasteiger partial charge in [-0.1, -0.05) is 18.2 Å². The third-order valence-corrected chi connectivity index (χ3v) is 3.37. The van der Waals surface area contributed by atoms with Gasteiger partial charge in [0.05, 0.1) is 0 Å². The van der Waals surface area contributed by atoms with Gasteiger partial charge in [-0.25, -0.2) is 0 Å². The molecule has 0 spiro atoms. The first-order valence-electron chi connectivity index (χ1n) is 5.69. The number of ketones is 1. The summed E-state index contributed by atoms with van der Waals surface area (Å²) in [4.78, 5) is 12.0. The van der Waals surface area contributed by atoms with E-state index in [4.69, 9.17) is 11.5 Å². The molecule has 2 aromatic rings. The highest BCUT2D eigenvalue weighted by atomic mass is 127. The van der Waals surface area contributed by atoms with E-state index >= 15 is 0 Å². The SMILES string of the molecule is Nc1ccc(C=CC(=O)c2ccc(I)cc2)c(N)c1. The van der Waals surface area contributed by atoms with E-state index in [0.29, 0.717) is 16.9 Å². The summed E-state index contributed by atoms with van der Waals surface area (Å²) >= 11 is 2.20. The van der Waals surface area contributed by atoms with Crippen LogP contribution in [-0.4, -0.2) is 5.78 Å². The molecule has 0 aliphatic carbocycles. The Balaban J connectivity index is 2.18. The van der Waals surface area contributed by atoms with Crippen LogP contribution in [0.3, 0.4) is 0 Å². The molecule has 4 N–H and O–H groups in total. The molecule has 0 aromatic heterocycles. The molecule has 2 aromatic carbocycles. The lowest BCUT2D eigenvalue weighted by molar-refractivity contribution is 0.104. The van der Waals surface area contributed by atoms with E-state index in [-0.39, 0.29) is 5.78 Å².